The Bertz CT molecular complexity index is 684. The van der Waals surface area contributed by atoms with Crippen molar-refractivity contribution in [2.45, 2.75) is 33.0 Å². The molecule has 0 radical (unpaired) electrons. The van der Waals surface area contributed by atoms with Crippen molar-refractivity contribution in [2.75, 3.05) is 20.3 Å². The van der Waals surface area contributed by atoms with E-state index < -0.39 is 5.97 Å². The van der Waals surface area contributed by atoms with Crippen molar-refractivity contribution in [1.29, 1.82) is 0 Å². The maximum Gasteiger partial charge on any atom is 0.338 e. The average Bonchev–Trinajstić information content (AvgIpc) is 2.67. The fraction of sp³-hybridized carbons (Fsp3) is 0.381. The van der Waals surface area contributed by atoms with Crippen LogP contribution >= 0.6 is 0 Å². The van der Waals surface area contributed by atoms with E-state index in [1.807, 2.05) is 37.3 Å². The van der Waals surface area contributed by atoms with E-state index in [0.717, 1.165) is 12.0 Å². The summed E-state index contributed by atoms with van der Waals surface area (Å²) in [5.41, 5.74) is 1.45. The molecule has 0 saturated heterocycles. The molecule has 0 aliphatic rings. The minimum absolute atomic E-state index is 0.0978. The topological polar surface area (TPSA) is 54.0 Å². The van der Waals surface area contributed by atoms with Gasteiger partial charge in [0.25, 0.3) is 0 Å². The molecular weight excluding hydrogens is 332 g/mol. The number of hydrogen-bond acceptors (Lipinski definition) is 5. The second-order valence-corrected chi connectivity index (χ2v) is 5.79. The number of hydrogen-bond donors (Lipinski definition) is 0. The first-order valence-corrected chi connectivity index (χ1v) is 8.80. The number of ether oxygens (including phenoxy) is 4. The van der Waals surface area contributed by atoms with E-state index in [2.05, 4.69) is 0 Å². The van der Waals surface area contributed by atoms with Gasteiger partial charge in [-0.3, -0.25) is 0 Å². The molecule has 5 heteroatoms. The molecule has 0 fully saturated rings. The van der Waals surface area contributed by atoms with Crippen LogP contribution in [0.2, 0.25) is 0 Å². The van der Waals surface area contributed by atoms with E-state index in [0.29, 0.717) is 36.9 Å². The zero-order chi connectivity index (χ0) is 18.8. The Kier molecular flexibility index (Phi) is 7.96. The number of benzene rings is 2. The van der Waals surface area contributed by atoms with Gasteiger partial charge in [0.15, 0.2) is 0 Å². The van der Waals surface area contributed by atoms with Crippen molar-refractivity contribution in [2.24, 2.45) is 0 Å². The van der Waals surface area contributed by atoms with Gasteiger partial charge in [0, 0.05) is 13.2 Å². The van der Waals surface area contributed by atoms with E-state index in [9.17, 15) is 4.79 Å². The highest BCUT2D eigenvalue weighted by atomic mass is 16.5. The molecule has 5 nitrogen and oxygen atoms in total. The minimum Gasteiger partial charge on any atom is -0.489 e. The molecule has 2 aromatic carbocycles. The second-order valence-electron chi connectivity index (χ2n) is 5.79. The van der Waals surface area contributed by atoms with Crippen molar-refractivity contribution in [3.05, 3.63) is 59.7 Å². The molecule has 0 bridgehead atoms. The molecule has 0 spiro atoms. The largest absolute Gasteiger partial charge is 0.489 e. The maximum absolute atomic E-state index is 12.1. The van der Waals surface area contributed by atoms with Gasteiger partial charge in [-0.25, -0.2) is 4.79 Å². The van der Waals surface area contributed by atoms with Gasteiger partial charge in [-0.2, -0.15) is 0 Å². The first kappa shape index (κ1) is 19.8. The fourth-order valence-corrected chi connectivity index (χ4v) is 2.41. The summed E-state index contributed by atoms with van der Waals surface area (Å²) in [5.74, 6) is 0.714. The monoisotopic (exact) mass is 358 g/mol. The molecule has 0 unspecified atom stereocenters. The fourth-order valence-electron chi connectivity index (χ4n) is 2.41. The molecule has 26 heavy (non-hydrogen) atoms. The Hall–Kier alpha value is -2.53. The van der Waals surface area contributed by atoms with Crippen molar-refractivity contribution < 1.29 is 23.7 Å². The summed E-state index contributed by atoms with van der Waals surface area (Å²) in [6, 6.07) is 15.0. The van der Waals surface area contributed by atoms with Crippen LogP contribution in [0.3, 0.4) is 0 Å². The molecular formula is C21H26O5. The minimum atomic E-state index is -0.401. The van der Waals surface area contributed by atoms with Crippen LogP contribution in [-0.4, -0.2) is 32.4 Å². The summed E-state index contributed by atoms with van der Waals surface area (Å²) in [5, 5.41) is 0. The van der Waals surface area contributed by atoms with Gasteiger partial charge in [-0.05, 0) is 31.0 Å². The number of methoxy groups -OCH3 is 1. The Morgan fingerprint density at radius 2 is 1.77 bits per heavy atom. The lowest BCUT2D eigenvalue weighted by molar-refractivity contribution is 0.0523. The van der Waals surface area contributed by atoms with Gasteiger partial charge in [0.1, 0.15) is 24.2 Å². The molecule has 0 amide bonds. The van der Waals surface area contributed by atoms with E-state index in [1.165, 1.54) is 0 Å². The summed E-state index contributed by atoms with van der Waals surface area (Å²) < 4.78 is 22.1. The van der Waals surface area contributed by atoms with Gasteiger partial charge in [-0.1, -0.05) is 37.3 Å². The van der Waals surface area contributed by atoms with Gasteiger partial charge in [0.2, 0.25) is 0 Å². The SMILES string of the molecule is CCOC(=O)c1cc(OCc2ccccc2)cc(O[C@@H](CC)COC)c1. The van der Waals surface area contributed by atoms with E-state index in [4.69, 9.17) is 18.9 Å². The van der Waals surface area contributed by atoms with Gasteiger partial charge >= 0.3 is 5.97 Å². The van der Waals surface area contributed by atoms with Gasteiger partial charge in [-0.15, -0.1) is 0 Å². The predicted octanol–water partition coefficient (Wildman–Crippen LogP) is 4.25. The van der Waals surface area contributed by atoms with E-state index in [-0.39, 0.29) is 6.10 Å². The highest BCUT2D eigenvalue weighted by Crippen LogP contribution is 2.26. The Morgan fingerprint density at radius 3 is 2.42 bits per heavy atom. The van der Waals surface area contributed by atoms with Crippen molar-refractivity contribution >= 4 is 5.97 Å². The van der Waals surface area contributed by atoms with Gasteiger partial charge in [0.05, 0.1) is 18.8 Å². The van der Waals surface area contributed by atoms with Crippen LogP contribution in [0.1, 0.15) is 36.2 Å². The summed E-state index contributed by atoms with van der Waals surface area (Å²) >= 11 is 0. The van der Waals surface area contributed by atoms with Crippen LogP contribution in [0.5, 0.6) is 11.5 Å². The van der Waals surface area contributed by atoms with Crippen LogP contribution in [0.25, 0.3) is 0 Å². The zero-order valence-electron chi connectivity index (χ0n) is 15.6. The third-order valence-electron chi connectivity index (χ3n) is 3.75. The van der Waals surface area contributed by atoms with Crippen LogP contribution < -0.4 is 9.47 Å². The Labute approximate surface area is 154 Å². The highest BCUT2D eigenvalue weighted by Gasteiger charge is 2.14. The van der Waals surface area contributed by atoms with Crippen LogP contribution in [0.15, 0.2) is 48.5 Å². The van der Waals surface area contributed by atoms with Crippen LogP contribution in [-0.2, 0) is 16.1 Å². The van der Waals surface area contributed by atoms with Crippen molar-refractivity contribution in [1.82, 2.24) is 0 Å². The molecule has 140 valence electrons. The third-order valence-corrected chi connectivity index (χ3v) is 3.75. The molecule has 0 aliphatic carbocycles. The lowest BCUT2D eigenvalue weighted by Gasteiger charge is -2.18. The average molecular weight is 358 g/mol. The maximum atomic E-state index is 12.1. The summed E-state index contributed by atoms with van der Waals surface area (Å²) in [4.78, 5) is 12.1. The van der Waals surface area contributed by atoms with Crippen molar-refractivity contribution in [3.8, 4) is 11.5 Å². The highest BCUT2D eigenvalue weighted by molar-refractivity contribution is 5.90. The van der Waals surface area contributed by atoms with Crippen molar-refractivity contribution in [3.63, 3.8) is 0 Å². The molecule has 1 atom stereocenters. The Balaban J connectivity index is 2.20. The number of carbonyl (C=O) groups is 1. The first-order chi connectivity index (χ1) is 12.7. The normalized spacial score (nSPS) is 11.7. The number of esters is 1. The van der Waals surface area contributed by atoms with Crippen LogP contribution in [0.4, 0.5) is 0 Å². The second kappa shape index (κ2) is 10.5. The molecule has 2 rings (SSSR count). The molecule has 0 aliphatic heterocycles. The molecule has 2 aromatic rings. The zero-order valence-corrected chi connectivity index (χ0v) is 15.6. The smallest absolute Gasteiger partial charge is 0.338 e. The molecule has 0 N–H and O–H groups in total. The van der Waals surface area contributed by atoms with E-state index >= 15 is 0 Å². The van der Waals surface area contributed by atoms with E-state index in [1.54, 1.807) is 32.2 Å². The lowest BCUT2D eigenvalue weighted by Crippen LogP contribution is -2.21. The number of rotatable bonds is 10. The number of carbonyl (C=O) groups excluding carboxylic acids is 1. The molecule has 0 saturated carbocycles. The standard InChI is InChI=1S/C21H26O5/c1-4-18(15-23-3)26-20-12-17(21(22)24-5-2)11-19(13-20)25-14-16-9-7-6-8-10-16/h6-13,18H,4-5,14-15H2,1-3H3/t18-/m0/s1. The third kappa shape index (κ3) is 6.08. The predicted molar refractivity (Wildman–Crippen MR) is 99.8 cm³/mol. The summed E-state index contributed by atoms with van der Waals surface area (Å²) in [6.07, 6.45) is 0.692. The first-order valence-electron chi connectivity index (χ1n) is 8.80. The summed E-state index contributed by atoms with van der Waals surface area (Å²) in [7, 11) is 1.63. The van der Waals surface area contributed by atoms with Gasteiger partial charge < -0.3 is 18.9 Å². The summed E-state index contributed by atoms with van der Waals surface area (Å²) in [6.45, 7) is 4.98. The van der Waals surface area contributed by atoms with Crippen LogP contribution in [0, 0.1) is 0 Å². The quantitative estimate of drug-likeness (QED) is 0.595. The molecule has 0 heterocycles. The molecule has 0 aromatic heterocycles. The Morgan fingerprint density at radius 1 is 1.04 bits per heavy atom. The lowest BCUT2D eigenvalue weighted by atomic mass is 10.2.